The molecule has 3 N–H and O–H groups in total. The van der Waals surface area contributed by atoms with Crippen molar-refractivity contribution in [1.82, 2.24) is 10.3 Å². The van der Waals surface area contributed by atoms with Crippen LogP contribution in [0.4, 0.5) is 10.5 Å². The summed E-state index contributed by atoms with van der Waals surface area (Å²) in [6, 6.07) is 2.66. The smallest absolute Gasteiger partial charge is 0.356 e. The molecule has 0 saturated carbocycles. The van der Waals surface area contributed by atoms with Gasteiger partial charge in [-0.1, -0.05) is 0 Å². The Morgan fingerprint density at radius 2 is 2.21 bits per heavy atom. The number of aromatic carboxylic acids is 1. The molecule has 1 heterocycles. The first-order chi connectivity index (χ1) is 9.15. The van der Waals surface area contributed by atoms with E-state index in [-0.39, 0.29) is 11.4 Å². The van der Waals surface area contributed by atoms with Crippen molar-refractivity contribution in [1.29, 1.82) is 0 Å². The Labute approximate surface area is 116 Å². The molecule has 0 spiro atoms. The molecule has 2 amide bonds. The van der Waals surface area contributed by atoms with Gasteiger partial charge in [0.1, 0.15) is 0 Å². The zero-order chi connectivity index (χ0) is 14.1. The number of unbranched alkanes of at least 4 members (excludes halogenated alkanes) is 1. The second-order valence-corrected chi connectivity index (χ2v) is 4.77. The van der Waals surface area contributed by atoms with E-state index < -0.39 is 12.0 Å². The maximum absolute atomic E-state index is 11.6. The van der Waals surface area contributed by atoms with E-state index in [4.69, 9.17) is 5.11 Å². The zero-order valence-corrected chi connectivity index (χ0v) is 11.5. The molecule has 1 aromatic heterocycles. The topological polar surface area (TPSA) is 91.3 Å². The maximum atomic E-state index is 11.6. The molecule has 0 atom stereocenters. The van der Waals surface area contributed by atoms with E-state index in [2.05, 4.69) is 15.6 Å². The lowest BCUT2D eigenvalue weighted by Gasteiger charge is -2.08. The van der Waals surface area contributed by atoms with Crippen LogP contribution in [0.2, 0.25) is 0 Å². The highest BCUT2D eigenvalue weighted by atomic mass is 32.2. The summed E-state index contributed by atoms with van der Waals surface area (Å²) in [5.74, 6) is -0.106. The van der Waals surface area contributed by atoms with Crippen LogP contribution in [0.5, 0.6) is 0 Å². The van der Waals surface area contributed by atoms with Crippen LogP contribution in [0.1, 0.15) is 23.3 Å². The Balaban J connectivity index is 2.42. The Morgan fingerprint density at radius 3 is 2.89 bits per heavy atom. The summed E-state index contributed by atoms with van der Waals surface area (Å²) in [5.41, 5.74) is 0.0247. The molecule has 0 unspecified atom stereocenters. The third-order valence-corrected chi connectivity index (χ3v) is 3.02. The molecule has 0 saturated heterocycles. The average Bonchev–Trinajstić information content (AvgIpc) is 2.39. The standard InChI is InChI=1S/C12H17N3O3S/c1-19-8-3-2-6-14-12(18)15-9-5-4-7-13-10(9)11(16)17/h4-5,7H,2-3,6,8H2,1H3,(H,16,17)(H2,14,15,18). The largest absolute Gasteiger partial charge is 0.476 e. The molecule has 7 heteroatoms. The zero-order valence-electron chi connectivity index (χ0n) is 10.7. The molecule has 1 rings (SSSR count). The summed E-state index contributed by atoms with van der Waals surface area (Å²) in [6.07, 6.45) is 5.34. The molecule has 0 bridgehead atoms. The number of amides is 2. The quantitative estimate of drug-likeness (QED) is 0.666. The van der Waals surface area contributed by atoms with Gasteiger partial charge in [-0.15, -0.1) is 0 Å². The van der Waals surface area contributed by atoms with Crippen molar-refractivity contribution in [3.63, 3.8) is 0 Å². The van der Waals surface area contributed by atoms with Gasteiger partial charge in [-0.05, 0) is 37.0 Å². The van der Waals surface area contributed by atoms with Crippen LogP contribution in [0, 0.1) is 0 Å². The number of pyridine rings is 1. The third kappa shape index (κ3) is 5.60. The highest BCUT2D eigenvalue weighted by Crippen LogP contribution is 2.11. The number of nitrogens with zero attached hydrogens (tertiary/aromatic N) is 1. The van der Waals surface area contributed by atoms with Gasteiger partial charge in [-0.3, -0.25) is 0 Å². The number of rotatable bonds is 7. The highest BCUT2D eigenvalue weighted by molar-refractivity contribution is 7.98. The first-order valence-electron chi connectivity index (χ1n) is 5.87. The van der Waals surface area contributed by atoms with E-state index in [1.807, 2.05) is 6.26 Å². The highest BCUT2D eigenvalue weighted by Gasteiger charge is 2.12. The van der Waals surface area contributed by atoms with Gasteiger partial charge in [0.25, 0.3) is 0 Å². The van der Waals surface area contributed by atoms with Gasteiger partial charge in [0.2, 0.25) is 0 Å². The molecule has 0 aliphatic rings. The minimum Gasteiger partial charge on any atom is -0.476 e. The van der Waals surface area contributed by atoms with Crippen LogP contribution < -0.4 is 10.6 Å². The molecule has 0 aromatic carbocycles. The number of hydrogen-bond acceptors (Lipinski definition) is 4. The molecule has 104 valence electrons. The third-order valence-electron chi connectivity index (χ3n) is 2.32. The van der Waals surface area contributed by atoms with Gasteiger partial charge >= 0.3 is 12.0 Å². The number of carbonyl (C=O) groups excluding carboxylic acids is 1. The number of carbonyl (C=O) groups is 2. The number of aromatic nitrogens is 1. The van der Waals surface area contributed by atoms with Crippen LogP contribution >= 0.6 is 11.8 Å². The summed E-state index contributed by atoms with van der Waals surface area (Å²) in [5, 5.41) is 14.1. The monoisotopic (exact) mass is 283 g/mol. The lowest BCUT2D eigenvalue weighted by Crippen LogP contribution is -2.30. The Hall–Kier alpha value is -1.76. The maximum Gasteiger partial charge on any atom is 0.356 e. The second kappa shape index (κ2) is 8.36. The van der Waals surface area contributed by atoms with Crippen LogP contribution in [0.15, 0.2) is 18.3 Å². The van der Waals surface area contributed by atoms with E-state index in [0.717, 1.165) is 18.6 Å². The molecule has 0 aliphatic carbocycles. The van der Waals surface area contributed by atoms with E-state index in [9.17, 15) is 9.59 Å². The average molecular weight is 283 g/mol. The Morgan fingerprint density at radius 1 is 1.42 bits per heavy atom. The molecular weight excluding hydrogens is 266 g/mol. The van der Waals surface area contributed by atoms with Crippen LogP contribution in [0.3, 0.4) is 0 Å². The van der Waals surface area contributed by atoms with E-state index in [1.54, 1.807) is 17.8 Å². The first kappa shape index (κ1) is 15.3. The van der Waals surface area contributed by atoms with Crippen LogP contribution in [-0.2, 0) is 0 Å². The van der Waals surface area contributed by atoms with E-state index in [0.29, 0.717) is 6.54 Å². The van der Waals surface area contributed by atoms with Crippen molar-refractivity contribution in [2.24, 2.45) is 0 Å². The Bertz CT molecular complexity index is 440. The summed E-state index contributed by atoms with van der Waals surface area (Å²) in [4.78, 5) is 26.2. The minimum absolute atomic E-state index is 0.167. The normalized spacial score (nSPS) is 9.95. The van der Waals surface area contributed by atoms with Gasteiger partial charge in [-0.2, -0.15) is 11.8 Å². The lowest BCUT2D eigenvalue weighted by atomic mass is 10.3. The number of anilines is 1. The van der Waals surface area contributed by atoms with E-state index >= 15 is 0 Å². The Kier molecular flexibility index (Phi) is 6.73. The van der Waals surface area contributed by atoms with Crippen molar-refractivity contribution in [2.75, 3.05) is 23.9 Å². The SMILES string of the molecule is CSCCCCNC(=O)Nc1cccnc1C(=O)O. The van der Waals surface area contributed by atoms with Crippen molar-refractivity contribution in [3.05, 3.63) is 24.0 Å². The fraction of sp³-hybridized carbons (Fsp3) is 0.417. The predicted molar refractivity (Wildman–Crippen MR) is 75.8 cm³/mol. The summed E-state index contributed by atoms with van der Waals surface area (Å²) in [6.45, 7) is 0.565. The van der Waals surface area contributed by atoms with Gasteiger partial charge in [0.05, 0.1) is 5.69 Å². The van der Waals surface area contributed by atoms with Crippen molar-refractivity contribution in [2.45, 2.75) is 12.8 Å². The fourth-order valence-corrected chi connectivity index (χ4v) is 1.91. The van der Waals surface area contributed by atoms with Crippen molar-refractivity contribution < 1.29 is 14.7 Å². The number of hydrogen-bond donors (Lipinski definition) is 3. The number of nitrogens with one attached hydrogen (secondary N) is 2. The number of carboxylic acids is 1. The fourth-order valence-electron chi connectivity index (χ4n) is 1.42. The molecule has 0 aliphatic heterocycles. The summed E-state index contributed by atoms with van der Waals surface area (Å²) >= 11 is 1.77. The lowest BCUT2D eigenvalue weighted by molar-refractivity contribution is 0.0692. The molecule has 6 nitrogen and oxygen atoms in total. The molecule has 0 radical (unpaired) electrons. The molecular formula is C12H17N3O3S. The number of thioether (sulfide) groups is 1. The van der Waals surface area contributed by atoms with Gasteiger partial charge < -0.3 is 15.7 Å². The number of urea groups is 1. The molecule has 1 aromatic rings. The number of carboxylic acid groups (broad SMARTS) is 1. The minimum atomic E-state index is -1.17. The van der Waals surface area contributed by atoms with Gasteiger partial charge in [0.15, 0.2) is 5.69 Å². The van der Waals surface area contributed by atoms with E-state index in [1.165, 1.54) is 12.3 Å². The van der Waals surface area contributed by atoms with Crippen LogP contribution in [0.25, 0.3) is 0 Å². The van der Waals surface area contributed by atoms with Crippen LogP contribution in [-0.4, -0.2) is 40.6 Å². The van der Waals surface area contributed by atoms with Gasteiger partial charge in [0, 0.05) is 12.7 Å². The molecule has 19 heavy (non-hydrogen) atoms. The van der Waals surface area contributed by atoms with Gasteiger partial charge in [-0.25, -0.2) is 14.6 Å². The first-order valence-corrected chi connectivity index (χ1v) is 7.26. The summed E-state index contributed by atoms with van der Waals surface area (Å²) in [7, 11) is 0. The van der Waals surface area contributed by atoms with Crippen molar-refractivity contribution in [3.8, 4) is 0 Å². The second-order valence-electron chi connectivity index (χ2n) is 3.79. The molecule has 0 fully saturated rings. The predicted octanol–water partition coefficient (Wildman–Crippen LogP) is 2.04. The van der Waals surface area contributed by atoms with Crippen molar-refractivity contribution >= 4 is 29.4 Å². The summed E-state index contributed by atoms with van der Waals surface area (Å²) < 4.78 is 0.